The van der Waals surface area contributed by atoms with Crippen LogP contribution in [0, 0.1) is 5.92 Å². The second-order valence-electron chi connectivity index (χ2n) is 6.16. The quantitative estimate of drug-likeness (QED) is 0.619. The maximum atomic E-state index is 10.2. The molecule has 0 amide bonds. The molecule has 1 aliphatic carbocycles. The summed E-state index contributed by atoms with van der Waals surface area (Å²) in [6, 6.07) is 5.91. The molecule has 0 aromatic heterocycles. The fourth-order valence-corrected chi connectivity index (χ4v) is 3.13. The molecule has 1 aliphatic rings. The molecule has 1 N–H and O–H groups in total. The first-order valence-electron chi connectivity index (χ1n) is 8.03. The van der Waals surface area contributed by atoms with Gasteiger partial charge in [0.25, 0.3) is 0 Å². The summed E-state index contributed by atoms with van der Waals surface area (Å²) < 4.78 is 0. The van der Waals surface area contributed by atoms with Gasteiger partial charge >= 0.3 is 0 Å². The largest absolute Gasteiger partial charge is 0.389 e. The highest BCUT2D eigenvalue weighted by atomic mass is 35.5. The van der Waals surface area contributed by atoms with E-state index in [2.05, 4.69) is 37.8 Å². The first-order valence-corrected chi connectivity index (χ1v) is 8.41. The lowest BCUT2D eigenvalue weighted by Gasteiger charge is -2.18. The van der Waals surface area contributed by atoms with Crippen LogP contribution in [0.2, 0.25) is 5.02 Å². The highest BCUT2D eigenvalue weighted by Crippen LogP contribution is 2.31. The minimum atomic E-state index is -0.504. The minimum absolute atomic E-state index is 0.504. The standard InChI is InChI=1S/C20H25ClO/c1-15-9-6-4-3-5-7-10-17(22)14-19-18(16(2)13-15)11-8-12-20(19)21/h4,6-8,10-12,15,17,22H,2-3,5,9,13-14H2,1H3/b6-4+,10-7+. The Bertz CT molecular complexity index is 571. The highest BCUT2D eigenvalue weighted by Gasteiger charge is 2.14. The molecule has 1 aromatic carbocycles. The molecule has 22 heavy (non-hydrogen) atoms. The van der Waals surface area contributed by atoms with Crippen molar-refractivity contribution < 1.29 is 5.11 Å². The molecule has 0 saturated heterocycles. The van der Waals surface area contributed by atoms with E-state index in [0.717, 1.165) is 42.4 Å². The Balaban J connectivity index is 2.32. The molecule has 0 spiro atoms. The van der Waals surface area contributed by atoms with Crippen LogP contribution in [0.15, 0.2) is 49.1 Å². The zero-order valence-corrected chi connectivity index (χ0v) is 14.0. The van der Waals surface area contributed by atoms with E-state index in [1.165, 1.54) is 0 Å². The Hall–Kier alpha value is -1.31. The topological polar surface area (TPSA) is 20.2 Å². The summed E-state index contributed by atoms with van der Waals surface area (Å²) in [5.74, 6) is 0.555. The van der Waals surface area contributed by atoms with E-state index >= 15 is 0 Å². The number of benzene rings is 1. The zero-order valence-electron chi connectivity index (χ0n) is 13.3. The van der Waals surface area contributed by atoms with Crippen LogP contribution >= 0.6 is 11.6 Å². The molecule has 2 rings (SSSR count). The van der Waals surface area contributed by atoms with Crippen LogP contribution in [0.5, 0.6) is 0 Å². The van der Waals surface area contributed by atoms with Crippen LogP contribution < -0.4 is 0 Å². The van der Waals surface area contributed by atoms with Gasteiger partial charge in [-0.15, -0.1) is 0 Å². The van der Waals surface area contributed by atoms with Crippen molar-refractivity contribution in [3.8, 4) is 0 Å². The van der Waals surface area contributed by atoms with Crippen molar-refractivity contribution in [2.45, 2.75) is 45.1 Å². The van der Waals surface area contributed by atoms with Gasteiger partial charge in [0.1, 0.15) is 0 Å². The van der Waals surface area contributed by atoms with Gasteiger partial charge in [0.05, 0.1) is 6.10 Å². The highest BCUT2D eigenvalue weighted by molar-refractivity contribution is 6.31. The summed E-state index contributed by atoms with van der Waals surface area (Å²) in [7, 11) is 0. The molecule has 0 heterocycles. The van der Waals surface area contributed by atoms with Crippen LogP contribution in [-0.2, 0) is 6.42 Å². The number of aliphatic hydroxyl groups excluding tert-OH is 1. The Kier molecular flexibility index (Phi) is 6.48. The van der Waals surface area contributed by atoms with Crippen molar-refractivity contribution >= 4 is 17.2 Å². The number of hydrogen-bond acceptors (Lipinski definition) is 1. The molecule has 0 radical (unpaired) electrons. The van der Waals surface area contributed by atoms with Crippen molar-refractivity contribution in [1.29, 1.82) is 0 Å². The van der Waals surface area contributed by atoms with Crippen LogP contribution in [0.1, 0.15) is 43.7 Å². The third-order valence-corrected chi connectivity index (χ3v) is 4.43. The van der Waals surface area contributed by atoms with Crippen LogP contribution in [0.25, 0.3) is 5.57 Å². The number of allylic oxidation sites excluding steroid dienone is 4. The Morgan fingerprint density at radius 1 is 1.14 bits per heavy atom. The van der Waals surface area contributed by atoms with Crippen LogP contribution in [0.3, 0.4) is 0 Å². The molecular formula is C20H25ClO. The van der Waals surface area contributed by atoms with E-state index in [9.17, 15) is 5.11 Å². The number of rotatable bonds is 0. The van der Waals surface area contributed by atoms with E-state index in [-0.39, 0.29) is 0 Å². The second kappa shape index (κ2) is 8.36. The lowest BCUT2D eigenvalue weighted by atomic mass is 9.89. The molecule has 118 valence electrons. The zero-order chi connectivity index (χ0) is 15.9. The molecule has 0 saturated carbocycles. The normalized spacial score (nSPS) is 26.8. The number of hydrogen-bond donors (Lipinski definition) is 1. The van der Waals surface area contributed by atoms with Gasteiger partial charge in [-0.25, -0.2) is 0 Å². The summed E-state index contributed by atoms with van der Waals surface area (Å²) in [6.07, 6.45) is 12.4. The number of halogens is 1. The molecule has 0 aliphatic heterocycles. The Labute approximate surface area is 139 Å². The Morgan fingerprint density at radius 2 is 1.91 bits per heavy atom. The lowest BCUT2D eigenvalue weighted by molar-refractivity contribution is 0.223. The van der Waals surface area contributed by atoms with Gasteiger partial charge in [-0.2, -0.15) is 0 Å². The summed E-state index contributed by atoms with van der Waals surface area (Å²) in [6.45, 7) is 6.51. The molecule has 1 aromatic rings. The van der Waals surface area contributed by atoms with Crippen LogP contribution in [0.4, 0.5) is 0 Å². The fourth-order valence-electron chi connectivity index (χ4n) is 2.88. The summed E-state index contributed by atoms with van der Waals surface area (Å²) in [4.78, 5) is 0. The van der Waals surface area contributed by atoms with E-state index in [4.69, 9.17) is 11.6 Å². The van der Waals surface area contributed by atoms with Gasteiger partial charge in [0.2, 0.25) is 0 Å². The maximum Gasteiger partial charge on any atom is 0.0762 e. The summed E-state index contributed by atoms with van der Waals surface area (Å²) >= 11 is 6.37. The summed E-state index contributed by atoms with van der Waals surface area (Å²) in [5.41, 5.74) is 3.20. The van der Waals surface area contributed by atoms with Gasteiger partial charge in [0.15, 0.2) is 0 Å². The molecule has 2 heteroatoms. The summed E-state index contributed by atoms with van der Waals surface area (Å²) in [5, 5.41) is 10.9. The first kappa shape index (κ1) is 17.1. The number of fused-ring (bicyclic) bond motifs is 1. The van der Waals surface area contributed by atoms with E-state index in [1.54, 1.807) is 0 Å². The molecule has 2 unspecified atom stereocenters. The van der Waals surface area contributed by atoms with Crippen molar-refractivity contribution in [2.75, 3.05) is 0 Å². The van der Waals surface area contributed by atoms with Crippen molar-refractivity contribution in [3.63, 3.8) is 0 Å². The van der Waals surface area contributed by atoms with E-state index in [1.807, 2.05) is 18.2 Å². The lowest BCUT2D eigenvalue weighted by Crippen LogP contribution is -2.10. The first-order chi connectivity index (χ1) is 10.6. The SMILES string of the molecule is C=C1CC(C)C/C=C/CC/C=C/C(O)Cc2c(Cl)cccc21. The molecule has 0 fully saturated rings. The Morgan fingerprint density at radius 3 is 2.73 bits per heavy atom. The van der Waals surface area contributed by atoms with E-state index < -0.39 is 6.10 Å². The third-order valence-electron chi connectivity index (χ3n) is 4.07. The van der Waals surface area contributed by atoms with E-state index in [0.29, 0.717) is 17.4 Å². The average Bonchev–Trinajstić information content (AvgIpc) is 2.47. The minimum Gasteiger partial charge on any atom is -0.389 e. The van der Waals surface area contributed by atoms with Gasteiger partial charge in [-0.1, -0.05) is 61.5 Å². The maximum absolute atomic E-state index is 10.2. The molecule has 1 nitrogen and oxygen atoms in total. The second-order valence-corrected chi connectivity index (χ2v) is 6.57. The molecular weight excluding hydrogens is 292 g/mol. The number of aliphatic hydroxyl groups is 1. The molecule has 2 atom stereocenters. The third kappa shape index (κ3) is 4.86. The van der Waals surface area contributed by atoms with Gasteiger partial charge in [-0.3, -0.25) is 0 Å². The fraction of sp³-hybridized carbons (Fsp3) is 0.400. The van der Waals surface area contributed by atoms with Crippen molar-refractivity contribution in [2.24, 2.45) is 5.92 Å². The van der Waals surface area contributed by atoms with Gasteiger partial charge < -0.3 is 5.11 Å². The monoisotopic (exact) mass is 316 g/mol. The van der Waals surface area contributed by atoms with Crippen molar-refractivity contribution in [3.05, 3.63) is 65.2 Å². The smallest absolute Gasteiger partial charge is 0.0762 e. The van der Waals surface area contributed by atoms with Gasteiger partial charge in [0, 0.05) is 11.4 Å². The predicted molar refractivity (Wildman–Crippen MR) is 96.1 cm³/mol. The average molecular weight is 317 g/mol. The van der Waals surface area contributed by atoms with Crippen LogP contribution in [-0.4, -0.2) is 11.2 Å². The van der Waals surface area contributed by atoms with Crippen molar-refractivity contribution in [1.82, 2.24) is 0 Å². The van der Waals surface area contributed by atoms with Gasteiger partial charge in [-0.05, 0) is 54.4 Å². The predicted octanol–water partition coefficient (Wildman–Crippen LogP) is 5.58. The molecule has 0 bridgehead atoms.